The minimum atomic E-state index is -5.08. The number of aromatic nitrogens is 2. The van der Waals surface area contributed by atoms with Gasteiger partial charge in [-0.2, -0.15) is 44.5 Å². The smallest absolute Gasteiger partial charge is 0.475 e. The first-order chi connectivity index (χ1) is 27.4. The van der Waals surface area contributed by atoms with Gasteiger partial charge in [0.05, 0.1) is 6.20 Å². The topological polar surface area (TPSA) is 168 Å². The van der Waals surface area contributed by atoms with Crippen molar-refractivity contribution in [2.45, 2.75) is 44.5 Å². The van der Waals surface area contributed by atoms with E-state index in [0.717, 1.165) is 69.0 Å². The monoisotopic (exact) mass is 870 g/mol. The molecular weight excluding hydrogens is 838 g/mol. The fourth-order valence-electron chi connectivity index (χ4n) is 5.16. The van der Waals surface area contributed by atoms with Crippen LogP contribution in [0, 0.1) is 5.82 Å². The lowest BCUT2D eigenvalue weighted by molar-refractivity contribution is -0.193. The lowest BCUT2D eigenvalue weighted by Gasteiger charge is -2.35. The highest BCUT2D eigenvalue weighted by molar-refractivity contribution is 6.32. The summed E-state index contributed by atoms with van der Waals surface area (Å²) in [6.45, 7) is 5.71. The first-order valence-corrected chi connectivity index (χ1v) is 17.1. The van der Waals surface area contributed by atoms with Crippen LogP contribution in [-0.4, -0.2) is 97.7 Å². The third-order valence-electron chi connectivity index (χ3n) is 7.86. The second-order valence-corrected chi connectivity index (χ2v) is 12.9. The van der Waals surface area contributed by atoms with Gasteiger partial charge in [0.25, 0.3) is 0 Å². The standard InChI is InChI=1S/C30H30ClFN6.3C2HF3O2/c31-28-18-33-30-35-26-3-1-2-21(15-26)4-5-23-14-24(17-27(16-23)34-29(28)36-30)20-38-12-10-37(11-13-38)19-22-6-8-25(32)9-7-22;3*3-2(4,5)1(6)7/h1-3,6-9,14-18H,4-5,10-13,19-20H2,(H2,33,34,35,36);3*(H,6,7). The van der Waals surface area contributed by atoms with Crippen LogP contribution in [0.1, 0.15) is 22.3 Å². The highest BCUT2D eigenvalue weighted by Crippen LogP contribution is 2.28. The molecule has 4 aromatic rings. The molecule has 0 aliphatic carbocycles. The molecule has 6 bridgehead atoms. The number of carboxylic acid groups (broad SMARTS) is 3. The van der Waals surface area contributed by atoms with Gasteiger partial charge in [0.15, 0.2) is 5.82 Å². The van der Waals surface area contributed by atoms with Gasteiger partial charge in [0.1, 0.15) is 10.8 Å². The molecule has 320 valence electrons. The molecule has 1 saturated heterocycles. The lowest BCUT2D eigenvalue weighted by Crippen LogP contribution is -2.45. The maximum atomic E-state index is 13.2. The van der Waals surface area contributed by atoms with E-state index in [0.29, 0.717) is 16.8 Å². The molecule has 6 rings (SSSR count). The summed E-state index contributed by atoms with van der Waals surface area (Å²) in [6, 6.07) is 21.9. The number of benzene rings is 3. The van der Waals surface area contributed by atoms with Crippen molar-refractivity contribution in [2.75, 3.05) is 36.8 Å². The number of carbonyl (C=O) groups is 3. The summed E-state index contributed by atoms with van der Waals surface area (Å²) in [5, 5.41) is 28.6. The van der Waals surface area contributed by atoms with Crippen LogP contribution in [0.2, 0.25) is 5.02 Å². The average Bonchev–Trinajstić information content (AvgIpc) is 3.14. The predicted molar refractivity (Wildman–Crippen MR) is 192 cm³/mol. The van der Waals surface area contributed by atoms with Crippen molar-refractivity contribution in [3.8, 4) is 0 Å². The highest BCUT2D eigenvalue weighted by Gasteiger charge is 2.39. The van der Waals surface area contributed by atoms with Crippen molar-refractivity contribution in [3.05, 3.63) is 106 Å². The Morgan fingerprint density at radius 1 is 0.644 bits per heavy atom. The maximum Gasteiger partial charge on any atom is 0.490 e. The summed E-state index contributed by atoms with van der Waals surface area (Å²) < 4.78 is 108. The van der Waals surface area contributed by atoms with E-state index in [4.69, 9.17) is 41.3 Å². The fraction of sp³-hybridized carbons (Fsp3) is 0.306. The number of carboxylic acids is 3. The quantitative estimate of drug-likeness (QED) is 0.125. The molecule has 0 radical (unpaired) electrons. The van der Waals surface area contributed by atoms with E-state index in [-0.39, 0.29) is 5.82 Å². The van der Waals surface area contributed by atoms with Gasteiger partial charge in [-0.1, -0.05) is 41.9 Å². The number of aliphatic carboxylic acids is 3. The zero-order valence-corrected chi connectivity index (χ0v) is 30.9. The summed E-state index contributed by atoms with van der Waals surface area (Å²) in [7, 11) is 0. The van der Waals surface area contributed by atoms with Crippen molar-refractivity contribution < 1.29 is 73.6 Å². The number of piperazine rings is 1. The fourth-order valence-corrected chi connectivity index (χ4v) is 5.29. The zero-order chi connectivity index (χ0) is 44.1. The number of rotatable bonds is 4. The van der Waals surface area contributed by atoms with E-state index in [1.807, 2.05) is 18.2 Å². The van der Waals surface area contributed by atoms with Crippen LogP contribution in [-0.2, 0) is 40.3 Å². The molecule has 3 heterocycles. The Morgan fingerprint density at radius 2 is 1.12 bits per heavy atom. The van der Waals surface area contributed by atoms with Gasteiger partial charge < -0.3 is 26.0 Å². The molecule has 0 amide bonds. The molecule has 0 atom stereocenters. The van der Waals surface area contributed by atoms with Crippen molar-refractivity contribution >= 4 is 52.6 Å². The Morgan fingerprint density at radius 3 is 1.63 bits per heavy atom. The first kappa shape index (κ1) is 47.6. The van der Waals surface area contributed by atoms with E-state index in [1.165, 1.54) is 28.8 Å². The molecule has 0 unspecified atom stereocenters. The molecule has 0 saturated carbocycles. The first-order valence-electron chi connectivity index (χ1n) is 16.8. The van der Waals surface area contributed by atoms with E-state index in [2.05, 4.69) is 66.8 Å². The molecule has 1 fully saturated rings. The van der Waals surface area contributed by atoms with Crippen LogP contribution in [0.15, 0.2) is 72.9 Å². The predicted octanol–water partition coefficient (Wildman–Crippen LogP) is 8.07. The van der Waals surface area contributed by atoms with Crippen molar-refractivity contribution in [1.29, 1.82) is 0 Å². The van der Waals surface area contributed by atoms with Crippen LogP contribution in [0.4, 0.5) is 67.0 Å². The molecule has 23 heteroatoms. The number of nitrogens with zero attached hydrogens (tertiary/aromatic N) is 4. The molecule has 5 N–H and O–H groups in total. The van der Waals surface area contributed by atoms with E-state index in [9.17, 15) is 43.9 Å². The molecule has 12 nitrogen and oxygen atoms in total. The normalized spacial score (nSPS) is 14.3. The number of alkyl halides is 9. The Kier molecular flexibility index (Phi) is 16.8. The Balaban J connectivity index is 0.000000365. The minimum absolute atomic E-state index is 0.185. The minimum Gasteiger partial charge on any atom is -0.475 e. The number of nitrogens with one attached hydrogen (secondary N) is 2. The Labute approximate surface area is 333 Å². The summed E-state index contributed by atoms with van der Waals surface area (Å²) in [4.78, 5) is 40.6. The molecule has 59 heavy (non-hydrogen) atoms. The van der Waals surface area contributed by atoms with Crippen molar-refractivity contribution in [3.63, 3.8) is 0 Å². The van der Waals surface area contributed by atoms with Gasteiger partial charge in [0, 0.05) is 50.6 Å². The Bertz CT molecular complexity index is 1990. The van der Waals surface area contributed by atoms with Crippen LogP contribution in [0.25, 0.3) is 0 Å². The number of hydrogen-bond donors (Lipinski definition) is 5. The molecule has 0 spiro atoms. The van der Waals surface area contributed by atoms with E-state index < -0.39 is 36.4 Å². The van der Waals surface area contributed by atoms with Gasteiger partial charge in [-0.05, 0) is 71.5 Å². The van der Waals surface area contributed by atoms with Crippen molar-refractivity contribution in [2.24, 2.45) is 0 Å². The molecule has 2 aliphatic rings. The second-order valence-electron chi connectivity index (χ2n) is 12.5. The van der Waals surface area contributed by atoms with Gasteiger partial charge in [-0.15, -0.1) is 0 Å². The maximum absolute atomic E-state index is 13.2. The average molecular weight is 871 g/mol. The second kappa shape index (κ2) is 20.8. The number of anilines is 4. The number of aryl methyl sites for hydroxylation is 2. The number of fused-ring (bicyclic) bond motifs is 6. The zero-order valence-electron chi connectivity index (χ0n) is 30.1. The van der Waals surface area contributed by atoms with E-state index >= 15 is 0 Å². The molecule has 1 aromatic heterocycles. The SMILES string of the molecule is Fc1ccc(CN2CCN(Cc3cc4cc(c3)Nc3nc(ncc3Cl)Nc3cccc(c3)CC4)CC2)cc1.O=C(O)C(F)(F)F.O=C(O)C(F)(F)F.O=C(O)C(F)(F)F. The third-order valence-corrected chi connectivity index (χ3v) is 8.14. The lowest BCUT2D eigenvalue weighted by atomic mass is 10.0. The van der Waals surface area contributed by atoms with Crippen molar-refractivity contribution in [1.82, 2.24) is 19.8 Å². The van der Waals surface area contributed by atoms with Crippen LogP contribution >= 0.6 is 11.6 Å². The highest BCUT2D eigenvalue weighted by atomic mass is 35.5. The summed E-state index contributed by atoms with van der Waals surface area (Å²) in [5.41, 5.74) is 6.90. The van der Waals surface area contributed by atoms with Gasteiger partial charge in [-0.25, -0.2) is 23.8 Å². The Hall–Kier alpha value is -5.74. The van der Waals surface area contributed by atoms with Gasteiger partial charge in [0.2, 0.25) is 5.95 Å². The van der Waals surface area contributed by atoms with Crippen LogP contribution < -0.4 is 10.6 Å². The molecule has 3 aromatic carbocycles. The van der Waals surface area contributed by atoms with Crippen LogP contribution in [0.5, 0.6) is 0 Å². The molecule has 2 aliphatic heterocycles. The molecular formula is C36H33ClF10N6O6. The van der Waals surface area contributed by atoms with Crippen LogP contribution in [0.3, 0.4) is 0 Å². The van der Waals surface area contributed by atoms with Gasteiger partial charge in [-0.3, -0.25) is 9.80 Å². The summed E-state index contributed by atoms with van der Waals surface area (Å²) >= 11 is 6.46. The summed E-state index contributed by atoms with van der Waals surface area (Å²) in [6.07, 6.45) is -11.7. The largest absolute Gasteiger partial charge is 0.490 e. The third kappa shape index (κ3) is 16.9. The number of hydrogen-bond acceptors (Lipinski definition) is 9. The number of halogens is 11. The van der Waals surface area contributed by atoms with E-state index in [1.54, 1.807) is 6.20 Å². The summed E-state index contributed by atoms with van der Waals surface area (Å²) in [5.74, 6) is -7.37. The van der Waals surface area contributed by atoms with Gasteiger partial charge >= 0.3 is 36.4 Å².